The van der Waals surface area contributed by atoms with Crippen LogP contribution in [0.5, 0.6) is 5.75 Å². The molecule has 0 spiro atoms. The van der Waals surface area contributed by atoms with Gasteiger partial charge in [-0.05, 0) is 81.0 Å². The lowest BCUT2D eigenvalue weighted by Crippen LogP contribution is -1.84. The number of ether oxygens (including phenoxy) is 1. The molecule has 4 heteroatoms. The van der Waals surface area contributed by atoms with Crippen molar-refractivity contribution in [2.75, 3.05) is 7.11 Å². The highest BCUT2D eigenvalue weighted by atomic mass is 127. The van der Waals surface area contributed by atoms with Gasteiger partial charge in [-0.15, -0.1) is 0 Å². The van der Waals surface area contributed by atoms with E-state index in [9.17, 15) is 0 Å². The minimum absolute atomic E-state index is 0.858. The summed E-state index contributed by atoms with van der Waals surface area (Å²) in [5.74, 6) is 0.858. The van der Waals surface area contributed by atoms with Crippen LogP contribution in [0, 0.1) is 3.57 Å². The van der Waals surface area contributed by atoms with Gasteiger partial charge in [0.2, 0.25) is 0 Å². The summed E-state index contributed by atoms with van der Waals surface area (Å²) >= 11 is 7.54. The second-order valence-electron chi connectivity index (χ2n) is 3.35. The quantitative estimate of drug-likeness (QED) is 0.630. The standard InChI is InChI=1S/C13H10BrIOS/c1-16-13-7-6-11(8-12(13)14)17-10-4-2-9(15)3-5-10/h2-8H,1H3. The molecular formula is C13H10BrIOS. The SMILES string of the molecule is COc1ccc(Sc2ccc(I)cc2)cc1Br. The van der Waals surface area contributed by atoms with E-state index in [0.29, 0.717) is 0 Å². The molecule has 2 rings (SSSR count). The molecule has 0 aliphatic heterocycles. The van der Waals surface area contributed by atoms with Gasteiger partial charge in [-0.2, -0.15) is 0 Å². The first-order chi connectivity index (χ1) is 8.19. The second kappa shape index (κ2) is 6.11. The van der Waals surface area contributed by atoms with Crippen LogP contribution in [-0.2, 0) is 0 Å². The third-order valence-electron chi connectivity index (χ3n) is 2.17. The number of halogens is 2. The first kappa shape index (κ1) is 13.2. The Balaban J connectivity index is 2.19. The minimum Gasteiger partial charge on any atom is -0.496 e. The van der Waals surface area contributed by atoms with Crippen LogP contribution >= 0.6 is 50.3 Å². The summed E-state index contributed by atoms with van der Waals surface area (Å²) in [6.07, 6.45) is 0. The highest BCUT2D eigenvalue weighted by Crippen LogP contribution is 2.33. The van der Waals surface area contributed by atoms with Crippen LogP contribution in [-0.4, -0.2) is 7.11 Å². The molecule has 1 nitrogen and oxygen atoms in total. The lowest BCUT2D eigenvalue weighted by Gasteiger charge is -2.06. The average Bonchev–Trinajstić information content (AvgIpc) is 2.32. The smallest absolute Gasteiger partial charge is 0.133 e. The largest absolute Gasteiger partial charge is 0.496 e. The molecule has 0 aliphatic carbocycles. The van der Waals surface area contributed by atoms with Gasteiger partial charge in [0.25, 0.3) is 0 Å². The summed E-state index contributed by atoms with van der Waals surface area (Å²) in [4.78, 5) is 2.43. The fourth-order valence-corrected chi connectivity index (χ4v) is 3.26. The van der Waals surface area contributed by atoms with E-state index in [1.165, 1.54) is 13.4 Å². The predicted molar refractivity (Wildman–Crippen MR) is 84.0 cm³/mol. The van der Waals surface area contributed by atoms with Crippen molar-refractivity contribution in [1.29, 1.82) is 0 Å². The van der Waals surface area contributed by atoms with Crippen LogP contribution in [0.25, 0.3) is 0 Å². The second-order valence-corrected chi connectivity index (χ2v) is 6.60. The van der Waals surface area contributed by atoms with E-state index in [1.807, 2.05) is 6.07 Å². The molecule has 0 saturated heterocycles. The molecule has 2 aromatic rings. The Labute approximate surface area is 127 Å². The van der Waals surface area contributed by atoms with Gasteiger partial charge in [0.1, 0.15) is 5.75 Å². The van der Waals surface area contributed by atoms with E-state index in [4.69, 9.17) is 4.74 Å². The van der Waals surface area contributed by atoms with E-state index in [0.717, 1.165) is 10.2 Å². The van der Waals surface area contributed by atoms with Gasteiger partial charge in [-0.3, -0.25) is 0 Å². The molecule has 0 radical (unpaired) electrons. The van der Waals surface area contributed by atoms with Crippen LogP contribution < -0.4 is 4.74 Å². The summed E-state index contributed by atoms with van der Waals surface area (Å²) in [5, 5.41) is 0. The molecule has 0 fully saturated rings. The molecule has 0 aromatic heterocycles. The van der Waals surface area contributed by atoms with Gasteiger partial charge >= 0.3 is 0 Å². The van der Waals surface area contributed by atoms with Crippen LogP contribution in [0.4, 0.5) is 0 Å². The Hall–Kier alpha value is -0.200. The van der Waals surface area contributed by atoms with Crippen LogP contribution in [0.1, 0.15) is 0 Å². The van der Waals surface area contributed by atoms with E-state index < -0.39 is 0 Å². The first-order valence-electron chi connectivity index (χ1n) is 4.96. The number of methoxy groups -OCH3 is 1. The maximum Gasteiger partial charge on any atom is 0.133 e. The maximum absolute atomic E-state index is 5.21. The van der Waals surface area contributed by atoms with Crippen molar-refractivity contribution in [3.63, 3.8) is 0 Å². The van der Waals surface area contributed by atoms with Gasteiger partial charge < -0.3 is 4.74 Å². The summed E-state index contributed by atoms with van der Waals surface area (Å²) < 4.78 is 7.44. The molecular weight excluding hydrogens is 411 g/mol. The molecule has 0 saturated carbocycles. The molecule has 0 bridgehead atoms. The molecule has 0 unspecified atom stereocenters. The van der Waals surface area contributed by atoms with Gasteiger partial charge in [0.05, 0.1) is 11.6 Å². The highest BCUT2D eigenvalue weighted by Gasteiger charge is 2.03. The summed E-state index contributed by atoms with van der Waals surface area (Å²) in [5.41, 5.74) is 0. The van der Waals surface area contributed by atoms with Crippen molar-refractivity contribution in [2.45, 2.75) is 9.79 Å². The molecule has 88 valence electrons. The third-order valence-corrected chi connectivity index (χ3v) is 4.51. The predicted octanol–water partition coefficient (Wildman–Crippen LogP) is 5.21. The zero-order chi connectivity index (χ0) is 12.3. The summed E-state index contributed by atoms with van der Waals surface area (Å²) in [6, 6.07) is 14.6. The molecule has 0 aliphatic rings. The monoisotopic (exact) mass is 420 g/mol. The summed E-state index contributed by atoms with van der Waals surface area (Å²) in [6.45, 7) is 0. The Kier molecular flexibility index (Phi) is 4.76. The zero-order valence-electron chi connectivity index (χ0n) is 9.11. The molecule has 0 atom stereocenters. The van der Waals surface area contributed by atoms with E-state index >= 15 is 0 Å². The van der Waals surface area contributed by atoms with Crippen molar-refractivity contribution in [3.8, 4) is 5.75 Å². The third kappa shape index (κ3) is 3.63. The van der Waals surface area contributed by atoms with Crippen molar-refractivity contribution in [3.05, 3.63) is 50.5 Å². The van der Waals surface area contributed by atoms with Gasteiger partial charge in [-0.25, -0.2) is 0 Å². The number of hydrogen-bond acceptors (Lipinski definition) is 2. The van der Waals surface area contributed by atoms with Crippen LogP contribution in [0.3, 0.4) is 0 Å². The number of benzene rings is 2. The molecule has 17 heavy (non-hydrogen) atoms. The fourth-order valence-electron chi connectivity index (χ4n) is 1.35. The van der Waals surface area contributed by atoms with Crippen molar-refractivity contribution in [2.24, 2.45) is 0 Å². The summed E-state index contributed by atoms with van der Waals surface area (Å²) in [7, 11) is 1.67. The van der Waals surface area contributed by atoms with Crippen molar-refractivity contribution in [1.82, 2.24) is 0 Å². The normalized spacial score (nSPS) is 10.3. The van der Waals surface area contributed by atoms with Crippen molar-refractivity contribution >= 4 is 50.3 Å². The molecule has 0 heterocycles. The lowest BCUT2D eigenvalue weighted by atomic mass is 10.3. The Morgan fingerprint density at radius 3 is 2.29 bits per heavy atom. The molecule has 2 aromatic carbocycles. The zero-order valence-corrected chi connectivity index (χ0v) is 13.7. The van der Waals surface area contributed by atoms with Gasteiger partial charge in [-0.1, -0.05) is 11.8 Å². The van der Waals surface area contributed by atoms with Gasteiger partial charge in [0, 0.05) is 13.4 Å². The minimum atomic E-state index is 0.858. The fraction of sp³-hybridized carbons (Fsp3) is 0.0769. The average molecular weight is 421 g/mol. The van der Waals surface area contributed by atoms with E-state index in [2.05, 4.69) is 74.9 Å². The Morgan fingerprint density at radius 2 is 1.71 bits per heavy atom. The van der Waals surface area contributed by atoms with Crippen LogP contribution in [0.2, 0.25) is 0 Å². The highest BCUT2D eigenvalue weighted by molar-refractivity contribution is 14.1. The number of rotatable bonds is 3. The van der Waals surface area contributed by atoms with E-state index in [1.54, 1.807) is 18.9 Å². The molecule has 0 N–H and O–H groups in total. The lowest BCUT2D eigenvalue weighted by molar-refractivity contribution is 0.412. The Bertz CT molecular complexity index is 513. The van der Waals surface area contributed by atoms with Crippen LogP contribution in [0.15, 0.2) is 56.7 Å². The van der Waals surface area contributed by atoms with Gasteiger partial charge in [0.15, 0.2) is 0 Å². The first-order valence-corrected chi connectivity index (χ1v) is 7.65. The molecule has 0 amide bonds. The maximum atomic E-state index is 5.21. The Morgan fingerprint density at radius 1 is 1.06 bits per heavy atom. The van der Waals surface area contributed by atoms with E-state index in [-0.39, 0.29) is 0 Å². The number of hydrogen-bond donors (Lipinski definition) is 0. The van der Waals surface area contributed by atoms with Crippen molar-refractivity contribution < 1.29 is 4.74 Å². The topological polar surface area (TPSA) is 9.23 Å².